The first-order chi connectivity index (χ1) is 14.5. The molecule has 4 rings (SSSR count). The molecule has 0 aliphatic rings. The molecular weight excluding hydrogens is 400 g/mol. The first-order valence-electron chi connectivity index (χ1n) is 9.39. The predicted molar refractivity (Wildman–Crippen MR) is 122 cm³/mol. The number of para-hydroxylation sites is 1. The van der Waals surface area contributed by atoms with Gasteiger partial charge in [0.2, 0.25) is 0 Å². The summed E-state index contributed by atoms with van der Waals surface area (Å²) in [6.07, 6.45) is 1.78. The highest BCUT2D eigenvalue weighted by Crippen LogP contribution is 2.27. The van der Waals surface area contributed by atoms with Crippen molar-refractivity contribution < 1.29 is 4.92 Å². The fourth-order valence-corrected chi connectivity index (χ4v) is 3.65. The van der Waals surface area contributed by atoms with Gasteiger partial charge >= 0.3 is 0 Å². The number of hydrogen-bond acceptors (Lipinski definition) is 4. The number of hydrazone groups is 1. The summed E-state index contributed by atoms with van der Waals surface area (Å²) in [5, 5.41) is 17.0. The quantitative estimate of drug-likeness (QED) is 0.237. The number of nitro groups is 1. The molecule has 0 saturated carbocycles. The van der Waals surface area contributed by atoms with Gasteiger partial charge in [-0.2, -0.15) is 5.10 Å². The van der Waals surface area contributed by atoms with Crippen molar-refractivity contribution in [1.82, 2.24) is 4.57 Å². The number of fused-ring (bicyclic) bond motifs is 1. The minimum atomic E-state index is -0.426. The minimum Gasteiger partial charge on any atom is -0.340 e. The maximum Gasteiger partial charge on any atom is 0.269 e. The van der Waals surface area contributed by atoms with Crippen LogP contribution in [-0.4, -0.2) is 15.7 Å². The van der Waals surface area contributed by atoms with Gasteiger partial charge in [0.25, 0.3) is 5.69 Å². The molecule has 30 heavy (non-hydrogen) atoms. The van der Waals surface area contributed by atoms with E-state index in [0.717, 1.165) is 32.7 Å². The Hall–Kier alpha value is -3.64. The predicted octanol–water partition coefficient (Wildman–Crippen LogP) is 6.01. The molecule has 0 spiro atoms. The molecule has 4 aromatic rings. The fourth-order valence-electron chi connectivity index (χ4n) is 3.45. The fraction of sp³-hybridized carbons (Fsp3) is 0.0870. The zero-order chi connectivity index (χ0) is 21.1. The lowest BCUT2D eigenvalue weighted by Crippen LogP contribution is -2.03. The molecular formula is C23H19ClN4O2. The zero-order valence-corrected chi connectivity index (χ0v) is 17.0. The maximum absolute atomic E-state index is 10.8. The Morgan fingerprint density at radius 1 is 1.07 bits per heavy atom. The Kier molecular flexibility index (Phi) is 5.50. The van der Waals surface area contributed by atoms with E-state index < -0.39 is 4.92 Å². The van der Waals surface area contributed by atoms with Crippen molar-refractivity contribution >= 4 is 40.1 Å². The van der Waals surface area contributed by atoms with Crippen LogP contribution in [0.25, 0.3) is 10.9 Å². The number of anilines is 1. The normalized spacial score (nSPS) is 11.3. The van der Waals surface area contributed by atoms with Gasteiger partial charge in [-0.25, -0.2) is 0 Å². The van der Waals surface area contributed by atoms with Crippen molar-refractivity contribution in [2.75, 3.05) is 5.43 Å². The number of halogens is 1. The number of non-ortho nitro benzene ring substituents is 1. The number of nitrogens with zero attached hydrogens (tertiary/aromatic N) is 3. The lowest BCUT2D eigenvalue weighted by atomic mass is 10.1. The summed E-state index contributed by atoms with van der Waals surface area (Å²) in [7, 11) is 0. The molecule has 0 fully saturated rings. The highest BCUT2D eigenvalue weighted by atomic mass is 35.5. The second-order valence-electron chi connectivity index (χ2n) is 6.87. The summed E-state index contributed by atoms with van der Waals surface area (Å²) in [6, 6.07) is 22.1. The second kappa shape index (κ2) is 8.39. The van der Waals surface area contributed by atoms with Crippen molar-refractivity contribution in [3.05, 3.63) is 105 Å². The van der Waals surface area contributed by atoms with Gasteiger partial charge < -0.3 is 4.57 Å². The zero-order valence-electron chi connectivity index (χ0n) is 16.2. The standard InChI is InChI=1S/C23H19ClN4O2/c1-16-21(14-25-26-18-10-12-19(13-11-18)28(29)30)20-7-3-5-9-23(20)27(16)15-17-6-2-4-8-22(17)24/h2-14,26H,15H2,1H3/b25-14+. The third-order valence-electron chi connectivity index (χ3n) is 5.03. The lowest BCUT2D eigenvalue weighted by Gasteiger charge is -2.10. The molecule has 0 bridgehead atoms. The largest absolute Gasteiger partial charge is 0.340 e. The number of aromatic nitrogens is 1. The van der Waals surface area contributed by atoms with E-state index in [1.165, 1.54) is 12.1 Å². The van der Waals surface area contributed by atoms with Gasteiger partial charge in [-0.05, 0) is 36.8 Å². The van der Waals surface area contributed by atoms with Crippen LogP contribution in [0.1, 0.15) is 16.8 Å². The topological polar surface area (TPSA) is 72.5 Å². The van der Waals surface area contributed by atoms with Crippen LogP contribution < -0.4 is 5.43 Å². The molecule has 0 aliphatic heterocycles. The van der Waals surface area contributed by atoms with Gasteiger partial charge in [0, 0.05) is 45.9 Å². The molecule has 1 heterocycles. The van der Waals surface area contributed by atoms with E-state index in [-0.39, 0.29) is 5.69 Å². The summed E-state index contributed by atoms with van der Waals surface area (Å²) in [5.74, 6) is 0. The van der Waals surface area contributed by atoms with Crippen molar-refractivity contribution in [3.63, 3.8) is 0 Å². The number of nitro benzene ring substituents is 1. The van der Waals surface area contributed by atoms with Crippen LogP contribution in [-0.2, 0) is 6.54 Å². The molecule has 3 aromatic carbocycles. The molecule has 7 heteroatoms. The molecule has 0 amide bonds. The summed E-state index contributed by atoms with van der Waals surface area (Å²) in [4.78, 5) is 10.3. The second-order valence-corrected chi connectivity index (χ2v) is 7.27. The Labute approximate surface area is 178 Å². The summed E-state index contributed by atoms with van der Waals surface area (Å²) >= 11 is 6.37. The summed E-state index contributed by atoms with van der Waals surface area (Å²) < 4.78 is 2.23. The van der Waals surface area contributed by atoms with Crippen molar-refractivity contribution in [1.29, 1.82) is 0 Å². The minimum absolute atomic E-state index is 0.0445. The van der Waals surface area contributed by atoms with Gasteiger partial charge in [0.15, 0.2) is 0 Å². The van der Waals surface area contributed by atoms with Crippen LogP contribution >= 0.6 is 11.6 Å². The average molecular weight is 419 g/mol. The van der Waals surface area contributed by atoms with Crippen LogP contribution in [0.2, 0.25) is 5.02 Å². The smallest absolute Gasteiger partial charge is 0.269 e. The summed E-state index contributed by atoms with van der Waals surface area (Å²) in [5.41, 5.74) is 7.89. The van der Waals surface area contributed by atoms with Crippen LogP contribution in [0.5, 0.6) is 0 Å². The van der Waals surface area contributed by atoms with Crippen LogP contribution in [0.15, 0.2) is 77.9 Å². The van der Waals surface area contributed by atoms with Gasteiger partial charge in [0.05, 0.1) is 16.8 Å². The number of hydrogen-bond donors (Lipinski definition) is 1. The Bertz CT molecular complexity index is 1250. The van der Waals surface area contributed by atoms with Gasteiger partial charge in [-0.15, -0.1) is 0 Å². The first-order valence-corrected chi connectivity index (χ1v) is 9.77. The van der Waals surface area contributed by atoms with E-state index in [4.69, 9.17) is 11.6 Å². The van der Waals surface area contributed by atoms with Crippen LogP contribution in [0.3, 0.4) is 0 Å². The highest BCUT2D eigenvalue weighted by molar-refractivity contribution is 6.31. The van der Waals surface area contributed by atoms with Crippen molar-refractivity contribution in [2.24, 2.45) is 5.10 Å². The molecule has 0 atom stereocenters. The monoisotopic (exact) mass is 418 g/mol. The van der Waals surface area contributed by atoms with E-state index in [0.29, 0.717) is 12.2 Å². The van der Waals surface area contributed by atoms with Gasteiger partial charge in [0.1, 0.15) is 0 Å². The molecule has 6 nitrogen and oxygen atoms in total. The molecule has 1 aromatic heterocycles. The SMILES string of the molecule is Cc1c(/C=N/Nc2ccc([N+](=O)[O-])cc2)c2ccccc2n1Cc1ccccc1Cl. The van der Waals surface area contributed by atoms with Gasteiger partial charge in [-0.3, -0.25) is 15.5 Å². The number of nitrogens with one attached hydrogen (secondary N) is 1. The van der Waals surface area contributed by atoms with E-state index >= 15 is 0 Å². The van der Waals surface area contributed by atoms with E-state index in [2.05, 4.69) is 34.2 Å². The molecule has 0 unspecified atom stereocenters. The van der Waals surface area contributed by atoms with Crippen LogP contribution in [0, 0.1) is 17.0 Å². The first kappa shape index (κ1) is 19.7. The molecule has 0 radical (unpaired) electrons. The average Bonchev–Trinajstić information content (AvgIpc) is 3.01. The van der Waals surface area contributed by atoms with E-state index in [1.54, 1.807) is 18.3 Å². The van der Waals surface area contributed by atoms with Gasteiger partial charge in [-0.1, -0.05) is 48.0 Å². The molecule has 150 valence electrons. The van der Waals surface area contributed by atoms with Crippen molar-refractivity contribution in [3.8, 4) is 0 Å². The molecule has 0 aliphatic carbocycles. The van der Waals surface area contributed by atoms with Crippen LogP contribution in [0.4, 0.5) is 11.4 Å². The third kappa shape index (κ3) is 3.90. The lowest BCUT2D eigenvalue weighted by molar-refractivity contribution is -0.384. The highest BCUT2D eigenvalue weighted by Gasteiger charge is 2.13. The molecule has 1 N–H and O–H groups in total. The van der Waals surface area contributed by atoms with E-state index in [9.17, 15) is 10.1 Å². The number of benzene rings is 3. The maximum atomic E-state index is 10.8. The number of rotatable bonds is 6. The Morgan fingerprint density at radius 2 is 1.77 bits per heavy atom. The Morgan fingerprint density at radius 3 is 2.50 bits per heavy atom. The summed E-state index contributed by atoms with van der Waals surface area (Å²) in [6.45, 7) is 2.72. The van der Waals surface area contributed by atoms with E-state index in [1.807, 2.05) is 36.4 Å². The van der Waals surface area contributed by atoms with Crippen molar-refractivity contribution in [2.45, 2.75) is 13.5 Å². The molecule has 0 saturated heterocycles. The Balaban J connectivity index is 1.64. The third-order valence-corrected chi connectivity index (χ3v) is 5.40.